The van der Waals surface area contributed by atoms with Crippen LogP contribution in [0.25, 0.3) is 0 Å². The lowest BCUT2D eigenvalue weighted by atomic mass is 10.1. The van der Waals surface area contributed by atoms with E-state index in [1.807, 2.05) is 0 Å². The van der Waals surface area contributed by atoms with Gasteiger partial charge < -0.3 is 9.80 Å². The van der Waals surface area contributed by atoms with E-state index in [4.69, 9.17) is 0 Å². The fourth-order valence-corrected chi connectivity index (χ4v) is 2.32. The number of nitrogens with zero attached hydrogens (tertiary/aromatic N) is 2. The predicted molar refractivity (Wildman–Crippen MR) is 74.2 cm³/mol. The Hall–Kier alpha value is -1.75. The van der Waals surface area contributed by atoms with Crippen LogP contribution in [-0.2, 0) is 4.79 Å². The molecule has 1 heterocycles. The molecule has 0 saturated carbocycles. The molecule has 0 radical (unpaired) electrons. The first-order valence-electron chi connectivity index (χ1n) is 6.85. The zero-order valence-corrected chi connectivity index (χ0v) is 11.9. The molecule has 5 heteroatoms. The number of amides is 1. The quantitative estimate of drug-likeness (QED) is 0.621. The summed E-state index contributed by atoms with van der Waals surface area (Å²) >= 11 is 0. The molecule has 0 bridgehead atoms. The third kappa shape index (κ3) is 3.04. The van der Waals surface area contributed by atoms with Crippen molar-refractivity contribution in [3.63, 3.8) is 0 Å². The summed E-state index contributed by atoms with van der Waals surface area (Å²) < 4.78 is 13.2. The number of carbonyl (C=O) groups excluding carboxylic acids is 2. The zero-order chi connectivity index (χ0) is 14.7. The Labute approximate surface area is 118 Å². The van der Waals surface area contributed by atoms with Crippen molar-refractivity contribution in [2.45, 2.75) is 13.8 Å². The highest BCUT2D eigenvalue weighted by molar-refractivity contribution is 6.42. The van der Waals surface area contributed by atoms with E-state index in [1.54, 1.807) is 11.8 Å². The minimum atomic E-state index is -0.557. The number of hydrogen-bond acceptors (Lipinski definition) is 3. The van der Waals surface area contributed by atoms with Gasteiger partial charge in [-0.05, 0) is 37.2 Å². The van der Waals surface area contributed by atoms with Gasteiger partial charge in [-0.1, -0.05) is 6.92 Å². The van der Waals surface area contributed by atoms with Gasteiger partial charge in [-0.3, -0.25) is 9.59 Å². The summed E-state index contributed by atoms with van der Waals surface area (Å²) in [4.78, 5) is 28.1. The van der Waals surface area contributed by atoms with E-state index >= 15 is 0 Å². The van der Waals surface area contributed by atoms with Crippen LogP contribution in [0.5, 0.6) is 0 Å². The average Bonchev–Trinajstić information content (AvgIpc) is 2.48. The van der Waals surface area contributed by atoms with Gasteiger partial charge in [-0.15, -0.1) is 0 Å². The lowest BCUT2D eigenvalue weighted by molar-refractivity contribution is -0.128. The van der Waals surface area contributed by atoms with Gasteiger partial charge in [0.25, 0.3) is 5.91 Å². The zero-order valence-electron chi connectivity index (χ0n) is 11.9. The minimum absolute atomic E-state index is 0.256. The van der Waals surface area contributed by atoms with Gasteiger partial charge >= 0.3 is 0 Å². The molecule has 0 N–H and O–H groups in total. The van der Waals surface area contributed by atoms with Gasteiger partial charge in [0.2, 0.25) is 5.78 Å². The molecule has 1 aromatic rings. The Morgan fingerprint density at radius 2 is 1.85 bits per heavy atom. The van der Waals surface area contributed by atoms with Gasteiger partial charge in [0.05, 0.1) is 0 Å². The highest BCUT2D eigenvalue weighted by atomic mass is 19.1. The van der Waals surface area contributed by atoms with Crippen LogP contribution in [0.2, 0.25) is 0 Å². The molecule has 1 saturated heterocycles. The second kappa shape index (κ2) is 6.13. The number of benzene rings is 1. The van der Waals surface area contributed by atoms with Gasteiger partial charge in [0, 0.05) is 31.7 Å². The summed E-state index contributed by atoms with van der Waals surface area (Å²) in [5, 5.41) is 0. The van der Waals surface area contributed by atoms with Crippen LogP contribution in [0.15, 0.2) is 18.2 Å². The van der Waals surface area contributed by atoms with E-state index in [-0.39, 0.29) is 11.4 Å². The lowest BCUT2D eigenvalue weighted by Crippen LogP contribution is -2.50. The van der Waals surface area contributed by atoms with Crippen molar-refractivity contribution in [2.75, 3.05) is 32.7 Å². The van der Waals surface area contributed by atoms with Crippen molar-refractivity contribution < 1.29 is 14.0 Å². The number of piperazine rings is 1. The Morgan fingerprint density at radius 3 is 2.40 bits per heavy atom. The molecule has 0 spiro atoms. The van der Waals surface area contributed by atoms with Crippen LogP contribution in [0.3, 0.4) is 0 Å². The Kier molecular flexibility index (Phi) is 4.49. The van der Waals surface area contributed by atoms with Crippen molar-refractivity contribution >= 4 is 11.7 Å². The molecule has 108 valence electrons. The molecule has 2 rings (SSSR count). The van der Waals surface area contributed by atoms with E-state index in [2.05, 4.69) is 11.8 Å². The first-order valence-corrected chi connectivity index (χ1v) is 6.85. The molecule has 0 unspecified atom stereocenters. The molecule has 1 aromatic carbocycles. The van der Waals surface area contributed by atoms with E-state index < -0.39 is 11.7 Å². The average molecular weight is 278 g/mol. The summed E-state index contributed by atoms with van der Waals surface area (Å²) in [6.07, 6.45) is 0. The molecule has 1 aliphatic heterocycles. The molecular weight excluding hydrogens is 259 g/mol. The fraction of sp³-hybridized carbons (Fsp3) is 0.467. The second-order valence-electron chi connectivity index (χ2n) is 5.02. The van der Waals surface area contributed by atoms with Crippen LogP contribution in [-0.4, -0.2) is 54.2 Å². The molecule has 0 aromatic heterocycles. The highest BCUT2D eigenvalue weighted by Crippen LogP contribution is 2.12. The van der Waals surface area contributed by atoms with Crippen LogP contribution >= 0.6 is 0 Å². The Bertz CT molecular complexity index is 523. The molecule has 1 aliphatic rings. The maximum absolute atomic E-state index is 13.2. The van der Waals surface area contributed by atoms with Crippen LogP contribution in [0.1, 0.15) is 22.8 Å². The SMILES string of the molecule is CCN1CCN(C(=O)C(=O)c2ccc(F)c(C)c2)CC1. The van der Waals surface area contributed by atoms with Gasteiger partial charge in [0.1, 0.15) is 5.82 Å². The number of aryl methyl sites for hydroxylation is 1. The summed E-state index contributed by atoms with van der Waals surface area (Å²) in [6.45, 7) is 7.32. The summed E-state index contributed by atoms with van der Waals surface area (Å²) in [7, 11) is 0. The third-order valence-electron chi connectivity index (χ3n) is 3.72. The molecule has 4 nitrogen and oxygen atoms in total. The summed E-state index contributed by atoms with van der Waals surface area (Å²) in [6, 6.07) is 4.02. The monoisotopic (exact) mass is 278 g/mol. The lowest BCUT2D eigenvalue weighted by Gasteiger charge is -2.33. The molecule has 1 amide bonds. The molecule has 1 fully saturated rings. The highest BCUT2D eigenvalue weighted by Gasteiger charge is 2.26. The smallest absolute Gasteiger partial charge is 0.295 e. The maximum atomic E-state index is 13.2. The van der Waals surface area contributed by atoms with E-state index in [9.17, 15) is 14.0 Å². The standard InChI is InChI=1S/C15H19FN2O2/c1-3-17-6-8-18(9-7-17)15(20)14(19)12-4-5-13(16)11(2)10-12/h4-5,10H,3,6-9H2,1-2H3. The second-order valence-corrected chi connectivity index (χ2v) is 5.02. The van der Waals surface area contributed by atoms with E-state index in [0.29, 0.717) is 18.7 Å². The van der Waals surface area contributed by atoms with E-state index in [1.165, 1.54) is 18.2 Å². The van der Waals surface area contributed by atoms with Crippen LogP contribution in [0.4, 0.5) is 4.39 Å². The van der Waals surface area contributed by atoms with Crippen LogP contribution in [0, 0.1) is 12.7 Å². The number of Topliss-reactive ketones (excluding diaryl/α,β-unsaturated/α-hetero) is 1. The van der Waals surface area contributed by atoms with Gasteiger partial charge in [-0.2, -0.15) is 0 Å². The molecule has 0 aliphatic carbocycles. The fourth-order valence-electron chi connectivity index (χ4n) is 2.32. The number of carbonyl (C=O) groups is 2. The first-order chi connectivity index (χ1) is 9.52. The molecule has 0 atom stereocenters. The third-order valence-corrected chi connectivity index (χ3v) is 3.72. The number of ketones is 1. The van der Waals surface area contributed by atoms with Crippen LogP contribution < -0.4 is 0 Å². The molecule has 20 heavy (non-hydrogen) atoms. The number of hydrogen-bond donors (Lipinski definition) is 0. The predicted octanol–water partition coefficient (Wildman–Crippen LogP) is 1.48. The summed E-state index contributed by atoms with van der Waals surface area (Å²) in [5.74, 6) is -1.42. The first kappa shape index (κ1) is 14.7. The van der Waals surface area contributed by atoms with Crippen molar-refractivity contribution in [3.05, 3.63) is 35.1 Å². The number of likely N-dealkylation sites (N-methyl/N-ethyl adjacent to an activating group) is 1. The number of rotatable bonds is 3. The Balaban J connectivity index is 2.05. The topological polar surface area (TPSA) is 40.6 Å². The van der Waals surface area contributed by atoms with E-state index in [0.717, 1.165) is 19.6 Å². The summed E-state index contributed by atoms with van der Waals surface area (Å²) in [5.41, 5.74) is 0.631. The minimum Gasteiger partial charge on any atom is -0.333 e. The largest absolute Gasteiger partial charge is 0.333 e. The molecular formula is C15H19FN2O2. The van der Waals surface area contributed by atoms with Crippen molar-refractivity contribution in [2.24, 2.45) is 0 Å². The van der Waals surface area contributed by atoms with Gasteiger partial charge in [0.15, 0.2) is 0 Å². The van der Waals surface area contributed by atoms with Crippen molar-refractivity contribution in [1.82, 2.24) is 9.80 Å². The van der Waals surface area contributed by atoms with Crippen molar-refractivity contribution in [1.29, 1.82) is 0 Å². The van der Waals surface area contributed by atoms with Crippen molar-refractivity contribution in [3.8, 4) is 0 Å². The number of halogens is 1. The van der Waals surface area contributed by atoms with Gasteiger partial charge in [-0.25, -0.2) is 4.39 Å². The maximum Gasteiger partial charge on any atom is 0.295 e. The Morgan fingerprint density at radius 1 is 1.20 bits per heavy atom. The normalized spacial score (nSPS) is 16.2.